The first-order chi connectivity index (χ1) is 8.13. The summed E-state index contributed by atoms with van der Waals surface area (Å²) in [5.74, 6) is 1.60. The van der Waals surface area contributed by atoms with Crippen LogP contribution >= 0.6 is 15.9 Å². The Bertz CT molecular complexity index is 347. The lowest BCUT2D eigenvalue weighted by Crippen LogP contribution is -2.11. The van der Waals surface area contributed by atoms with Crippen molar-refractivity contribution >= 4 is 21.9 Å². The summed E-state index contributed by atoms with van der Waals surface area (Å²) in [4.78, 5) is 8.22. The largest absolute Gasteiger partial charge is 0.474 e. The molecule has 0 saturated heterocycles. The molecule has 1 N–H and O–H groups in total. The van der Waals surface area contributed by atoms with E-state index in [4.69, 9.17) is 9.47 Å². The van der Waals surface area contributed by atoms with Gasteiger partial charge in [-0.1, -0.05) is 13.8 Å². The monoisotopic (exact) mass is 303 g/mol. The Hall–Kier alpha value is -0.880. The highest BCUT2D eigenvalue weighted by atomic mass is 79.9. The molecule has 6 heteroatoms. The zero-order chi connectivity index (χ0) is 12.7. The van der Waals surface area contributed by atoms with Gasteiger partial charge in [0.15, 0.2) is 0 Å². The number of anilines is 1. The van der Waals surface area contributed by atoms with Crippen molar-refractivity contribution in [2.45, 2.75) is 13.8 Å². The van der Waals surface area contributed by atoms with Gasteiger partial charge in [0.25, 0.3) is 0 Å². The summed E-state index contributed by atoms with van der Waals surface area (Å²) in [6.07, 6.45) is 1.66. The number of ether oxygens (including phenoxy) is 2. The van der Waals surface area contributed by atoms with Gasteiger partial charge in [-0.25, -0.2) is 4.98 Å². The van der Waals surface area contributed by atoms with Crippen LogP contribution in [0.15, 0.2) is 10.7 Å². The summed E-state index contributed by atoms with van der Waals surface area (Å²) < 4.78 is 11.6. The number of rotatable bonds is 7. The van der Waals surface area contributed by atoms with Crippen LogP contribution in [0.1, 0.15) is 13.8 Å². The van der Waals surface area contributed by atoms with E-state index in [1.165, 1.54) is 0 Å². The number of aromatic nitrogens is 2. The van der Waals surface area contributed by atoms with Crippen molar-refractivity contribution in [3.8, 4) is 5.88 Å². The Morgan fingerprint density at radius 3 is 2.82 bits per heavy atom. The summed E-state index contributed by atoms with van der Waals surface area (Å²) in [6.45, 7) is 6.01. The normalized spacial score (nSPS) is 10.6. The van der Waals surface area contributed by atoms with Gasteiger partial charge in [0.1, 0.15) is 6.61 Å². The zero-order valence-corrected chi connectivity index (χ0v) is 12.0. The Morgan fingerprint density at radius 1 is 1.41 bits per heavy atom. The van der Waals surface area contributed by atoms with Crippen LogP contribution in [0, 0.1) is 5.92 Å². The molecule has 0 aliphatic carbocycles. The third kappa shape index (κ3) is 5.32. The van der Waals surface area contributed by atoms with E-state index in [0.717, 1.165) is 11.1 Å². The van der Waals surface area contributed by atoms with E-state index >= 15 is 0 Å². The molecular formula is C11H18BrN3O2. The second-order valence-electron chi connectivity index (χ2n) is 3.91. The van der Waals surface area contributed by atoms with Crippen molar-refractivity contribution in [1.29, 1.82) is 0 Å². The summed E-state index contributed by atoms with van der Waals surface area (Å²) in [5.41, 5.74) is 0. The topological polar surface area (TPSA) is 56.3 Å². The molecule has 0 fully saturated rings. The molecule has 0 spiro atoms. The average Bonchev–Trinajstić information content (AvgIpc) is 2.30. The van der Waals surface area contributed by atoms with E-state index in [-0.39, 0.29) is 0 Å². The molecule has 0 aliphatic rings. The second kappa shape index (κ2) is 7.45. The van der Waals surface area contributed by atoms with Crippen LogP contribution in [-0.2, 0) is 4.74 Å². The van der Waals surface area contributed by atoms with Gasteiger partial charge in [0.2, 0.25) is 11.8 Å². The molecule has 1 aromatic rings. The predicted octanol–water partition coefficient (Wildman–Crippen LogP) is 2.33. The van der Waals surface area contributed by atoms with Crippen LogP contribution in [0.2, 0.25) is 0 Å². The molecule has 0 amide bonds. The lowest BCUT2D eigenvalue weighted by atomic mass is 10.2. The second-order valence-corrected chi connectivity index (χ2v) is 4.77. The van der Waals surface area contributed by atoms with Crippen molar-refractivity contribution in [2.75, 3.05) is 32.2 Å². The van der Waals surface area contributed by atoms with E-state index < -0.39 is 0 Å². The molecule has 1 aromatic heterocycles. The van der Waals surface area contributed by atoms with Crippen LogP contribution < -0.4 is 10.1 Å². The van der Waals surface area contributed by atoms with E-state index in [9.17, 15) is 0 Å². The number of hydrogen-bond acceptors (Lipinski definition) is 5. The Morgan fingerprint density at radius 2 is 2.18 bits per heavy atom. The maximum atomic E-state index is 5.50. The highest BCUT2D eigenvalue weighted by molar-refractivity contribution is 9.10. The Balaban J connectivity index is 2.35. The molecule has 96 valence electrons. The third-order valence-electron chi connectivity index (χ3n) is 1.85. The first-order valence-corrected chi connectivity index (χ1v) is 6.33. The fourth-order valence-corrected chi connectivity index (χ4v) is 1.39. The molecule has 5 nitrogen and oxygen atoms in total. The van der Waals surface area contributed by atoms with Crippen molar-refractivity contribution < 1.29 is 9.47 Å². The van der Waals surface area contributed by atoms with Crippen LogP contribution in [0.25, 0.3) is 0 Å². The summed E-state index contributed by atoms with van der Waals surface area (Å²) in [5, 5.41) is 2.86. The zero-order valence-electron chi connectivity index (χ0n) is 10.4. The molecule has 1 heterocycles. The van der Waals surface area contributed by atoms with Crippen LogP contribution in [0.4, 0.5) is 5.95 Å². The van der Waals surface area contributed by atoms with Crippen molar-refractivity contribution in [3.63, 3.8) is 0 Å². The van der Waals surface area contributed by atoms with E-state index in [1.807, 2.05) is 0 Å². The fraction of sp³-hybridized carbons (Fsp3) is 0.636. The molecule has 0 unspecified atom stereocenters. The molecular weight excluding hydrogens is 286 g/mol. The van der Waals surface area contributed by atoms with Gasteiger partial charge < -0.3 is 14.8 Å². The van der Waals surface area contributed by atoms with E-state index in [1.54, 1.807) is 13.2 Å². The molecule has 1 rings (SSSR count). The van der Waals surface area contributed by atoms with Gasteiger partial charge >= 0.3 is 0 Å². The summed E-state index contributed by atoms with van der Waals surface area (Å²) >= 11 is 3.33. The number of hydrogen-bond donors (Lipinski definition) is 1. The molecule has 0 aliphatic heterocycles. The number of nitrogens with one attached hydrogen (secondary N) is 1. The van der Waals surface area contributed by atoms with E-state index in [2.05, 4.69) is 45.1 Å². The van der Waals surface area contributed by atoms with Crippen LogP contribution in [0.5, 0.6) is 5.88 Å². The molecule has 0 radical (unpaired) electrons. The maximum Gasteiger partial charge on any atom is 0.232 e. The van der Waals surface area contributed by atoms with Crippen molar-refractivity contribution in [3.05, 3.63) is 10.7 Å². The molecule has 0 atom stereocenters. The highest BCUT2D eigenvalue weighted by Gasteiger charge is 2.05. The minimum Gasteiger partial charge on any atom is -0.474 e. The average molecular weight is 304 g/mol. The van der Waals surface area contributed by atoms with Gasteiger partial charge in [0, 0.05) is 13.7 Å². The lowest BCUT2D eigenvalue weighted by molar-refractivity contribution is 0.0804. The third-order valence-corrected chi connectivity index (χ3v) is 2.40. The smallest absolute Gasteiger partial charge is 0.232 e. The Kier molecular flexibility index (Phi) is 6.21. The predicted molar refractivity (Wildman–Crippen MR) is 70.4 cm³/mol. The Labute approximate surface area is 110 Å². The van der Waals surface area contributed by atoms with Gasteiger partial charge in [-0.15, -0.1) is 0 Å². The lowest BCUT2D eigenvalue weighted by Gasteiger charge is -2.09. The summed E-state index contributed by atoms with van der Waals surface area (Å²) in [7, 11) is 1.76. The fourth-order valence-electron chi connectivity index (χ4n) is 1.09. The van der Waals surface area contributed by atoms with Gasteiger partial charge in [-0.2, -0.15) is 4.98 Å². The molecule has 17 heavy (non-hydrogen) atoms. The molecule has 0 saturated carbocycles. The van der Waals surface area contributed by atoms with Crippen LogP contribution in [-0.4, -0.2) is 36.8 Å². The quantitative estimate of drug-likeness (QED) is 0.784. The van der Waals surface area contributed by atoms with Crippen LogP contribution in [0.3, 0.4) is 0 Å². The standard InChI is InChI=1S/C11H18BrN3O2/c1-8(2)7-16-4-5-17-10-9(12)6-14-11(13-3)15-10/h6,8H,4-5,7H2,1-3H3,(H,13,14,15). The van der Waals surface area contributed by atoms with Gasteiger partial charge in [-0.05, 0) is 21.8 Å². The SMILES string of the molecule is CNc1ncc(Br)c(OCCOCC(C)C)n1. The van der Waals surface area contributed by atoms with Gasteiger partial charge in [0.05, 0.1) is 17.3 Å². The minimum atomic E-state index is 0.478. The first-order valence-electron chi connectivity index (χ1n) is 5.54. The van der Waals surface area contributed by atoms with Crippen molar-refractivity contribution in [1.82, 2.24) is 9.97 Å². The first kappa shape index (κ1) is 14.2. The molecule has 0 bridgehead atoms. The highest BCUT2D eigenvalue weighted by Crippen LogP contribution is 2.22. The number of halogens is 1. The van der Waals surface area contributed by atoms with E-state index in [0.29, 0.717) is 31.0 Å². The van der Waals surface area contributed by atoms with Crippen molar-refractivity contribution in [2.24, 2.45) is 5.92 Å². The summed E-state index contributed by atoms with van der Waals surface area (Å²) in [6, 6.07) is 0. The number of nitrogens with zero attached hydrogens (tertiary/aromatic N) is 2. The maximum absolute atomic E-state index is 5.50. The molecule has 0 aromatic carbocycles. The minimum absolute atomic E-state index is 0.478. The van der Waals surface area contributed by atoms with Gasteiger partial charge in [-0.3, -0.25) is 0 Å².